The number of fused-ring (bicyclic) bond motifs is 3. The molecule has 0 N–H and O–H groups in total. The van der Waals surface area contributed by atoms with Gasteiger partial charge in [-0.2, -0.15) is 4.31 Å². The van der Waals surface area contributed by atoms with Crippen molar-refractivity contribution in [2.45, 2.75) is 30.6 Å². The van der Waals surface area contributed by atoms with Gasteiger partial charge in [0.25, 0.3) is 0 Å². The number of anilines is 1. The first-order valence-electron chi connectivity index (χ1n) is 9.90. The van der Waals surface area contributed by atoms with E-state index in [1.807, 2.05) is 0 Å². The molecule has 2 aromatic heterocycles. The van der Waals surface area contributed by atoms with Gasteiger partial charge in [-0.05, 0) is 49.4 Å². The highest BCUT2D eigenvalue weighted by Crippen LogP contribution is 2.39. The minimum Gasteiger partial charge on any atom is -0.353 e. The smallest absolute Gasteiger partial charge is 0.244 e. The largest absolute Gasteiger partial charge is 0.353 e. The van der Waals surface area contributed by atoms with Crippen molar-refractivity contribution in [2.24, 2.45) is 0 Å². The molecule has 3 heterocycles. The van der Waals surface area contributed by atoms with Crippen LogP contribution in [-0.2, 0) is 22.9 Å². The number of benzene rings is 1. The summed E-state index contributed by atoms with van der Waals surface area (Å²) in [5.41, 5.74) is 1.39. The van der Waals surface area contributed by atoms with Gasteiger partial charge in [0.1, 0.15) is 21.9 Å². The second-order valence-electron chi connectivity index (χ2n) is 7.55. The second kappa shape index (κ2) is 7.91. The van der Waals surface area contributed by atoms with Gasteiger partial charge in [0.05, 0.1) is 10.4 Å². The third-order valence-electron chi connectivity index (χ3n) is 5.78. The Morgan fingerprint density at radius 2 is 1.77 bits per heavy atom. The molecule has 5 rings (SSSR count). The monoisotopic (exact) mass is 482 g/mol. The Morgan fingerprint density at radius 1 is 1.00 bits per heavy atom. The lowest BCUT2D eigenvalue weighted by Gasteiger charge is -2.35. The van der Waals surface area contributed by atoms with Crippen LogP contribution >= 0.6 is 34.5 Å². The molecular weight excluding hydrogens is 463 g/mol. The third kappa shape index (κ3) is 3.48. The highest BCUT2D eigenvalue weighted by atomic mass is 35.5. The standard InChI is InChI=1S/C20H20Cl2N4O2S2/c21-13-5-6-15(22)17(11-13)30(27,28)26-9-7-25(8-10-26)19-18-14-3-1-2-4-16(14)29-20(18)24-12-23-19/h5-6,11-12H,1-4,7-10H2. The Morgan fingerprint density at radius 3 is 2.57 bits per heavy atom. The molecule has 0 atom stereocenters. The molecule has 0 saturated carbocycles. The molecule has 1 saturated heterocycles. The molecule has 6 nitrogen and oxygen atoms in total. The number of rotatable bonds is 3. The summed E-state index contributed by atoms with van der Waals surface area (Å²) in [6.45, 7) is 1.86. The van der Waals surface area contributed by atoms with E-state index in [-0.39, 0.29) is 9.92 Å². The summed E-state index contributed by atoms with van der Waals surface area (Å²) >= 11 is 13.9. The molecule has 1 aromatic carbocycles. The predicted molar refractivity (Wildman–Crippen MR) is 121 cm³/mol. The fraction of sp³-hybridized carbons (Fsp3) is 0.400. The number of sulfonamides is 1. The van der Waals surface area contributed by atoms with Crippen molar-refractivity contribution >= 4 is 60.6 Å². The van der Waals surface area contributed by atoms with Gasteiger partial charge >= 0.3 is 0 Å². The second-order valence-corrected chi connectivity index (χ2v) is 11.4. The fourth-order valence-corrected chi connectivity index (χ4v) is 7.65. The molecule has 1 aliphatic heterocycles. The SMILES string of the molecule is O=S(=O)(c1cc(Cl)ccc1Cl)N1CCN(c2ncnc3sc4c(c23)CCCC4)CC1. The first-order chi connectivity index (χ1) is 14.4. The van der Waals surface area contributed by atoms with Gasteiger partial charge in [-0.1, -0.05) is 23.2 Å². The average Bonchev–Trinajstić information content (AvgIpc) is 3.14. The van der Waals surface area contributed by atoms with Gasteiger partial charge in [0, 0.05) is 36.1 Å². The van der Waals surface area contributed by atoms with Crippen LogP contribution in [0.3, 0.4) is 0 Å². The minimum absolute atomic E-state index is 0.0569. The number of halogens is 2. The number of thiophene rings is 1. The molecule has 158 valence electrons. The third-order valence-corrected chi connectivity index (χ3v) is 9.60. The van der Waals surface area contributed by atoms with Crippen molar-refractivity contribution in [1.29, 1.82) is 0 Å². The van der Waals surface area contributed by atoms with Crippen LogP contribution in [0.5, 0.6) is 0 Å². The lowest BCUT2D eigenvalue weighted by Crippen LogP contribution is -2.49. The van der Waals surface area contributed by atoms with Crippen LogP contribution in [0.2, 0.25) is 10.0 Å². The van der Waals surface area contributed by atoms with Crippen molar-refractivity contribution in [3.63, 3.8) is 0 Å². The molecule has 30 heavy (non-hydrogen) atoms. The van der Waals surface area contributed by atoms with E-state index < -0.39 is 10.0 Å². The van der Waals surface area contributed by atoms with E-state index in [4.69, 9.17) is 23.2 Å². The number of hydrogen-bond donors (Lipinski definition) is 0. The summed E-state index contributed by atoms with van der Waals surface area (Å²) in [6.07, 6.45) is 6.22. The van der Waals surface area contributed by atoms with Crippen LogP contribution in [0.25, 0.3) is 10.2 Å². The Hall–Kier alpha value is -1.45. The molecule has 1 fully saturated rings. The van der Waals surface area contributed by atoms with Crippen LogP contribution in [0.15, 0.2) is 29.4 Å². The number of aryl methyl sites for hydroxylation is 2. The number of nitrogens with zero attached hydrogens (tertiary/aromatic N) is 4. The average molecular weight is 483 g/mol. The fourth-order valence-electron chi connectivity index (χ4n) is 4.27. The molecule has 10 heteroatoms. The summed E-state index contributed by atoms with van der Waals surface area (Å²) in [5.74, 6) is 0.928. The van der Waals surface area contributed by atoms with Crippen molar-refractivity contribution < 1.29 is 8.42 Å². The van der Waals surface area contributed by atoms with E-state index in [1.54, 1.807) is 23.7 Å². The first kappa shape index (κ1) is 20.5. The van der Waals surface area contributed by atoms with Crippen LogP contribution in [0, 0.1) is 0 Å². The van der Waals surface area contributed by atoms with E-state index >= 15 is 0 Å². The minimum atomic E-state index is -3.71. The summed E-state index contributed by atoms with van der Waals surface area (Å²) in [6, 6.07) is 4.52. The molecule has 0 unspecified atom stereocenters. The van der Waals surface area contributed by atoms with Gasteiger partial charge in [0.15, 0.2) is 0 Å². The van der Waals surface area contributed by atoms with E-state index in [2.05, 4.69) is 14.9 Å². The quantitative estimate of drug-likeness (QED) is 0.553. The lowest BCUT2D eigenvalue weighted by molar-refractivity contribution is 0.384. The molecule has 1 aliphatic carbocycles. The summed E-state index contributed by atoms with van der Waals surface area (Å²) in [4.78, 5) is 13.8. The van der Waals surface area contributed by atoms with E-state index in [0.717, 1.165) is 28.9 Å². The molecular formula is C20H20Cl2N4O2S2. The van der Waals surface area contributed by atoms with Crippen molar-refractivity contribution in [1.82, 2.24) is 14.3 Å². The highest BCUT2D eigenvalue weighted by molar-refractivity contribution is 7.89. The maximum Gasteiger partial charge on any atom is 0.244 e. The predicted octanol–water partition coefficient (Wildman–Crippen LogP) is 4.39. The zero-order valence-electron chi connectivity index (χ0n) is 16.1. The molecule has 0 spiro atoms. The van der Waals surface area contributed by atoms with E-state index in [1.165, 1.54) is 39.7 Å². The van der Waals surface area contributed by atoms with Crippen molar-refractivity contribution in [2.75, 3.05) is 31.1 Å². The van der Waals surface area contributed by atoms with Gasteiger partial charge in [-0.3, -0.25) is 0 Å². The Balaban J connectivity index is 1.42. The lowest BCUT2D eigenvalue weighted by atomic mass is 9.97. The number of piperazine rings is 1. The molecule has 0 bridgehead atoms. The maximum absolute atomic E-state index is 13.1. The Kier molecular flexibility index (Phi) is 5.39. The summed E-state index contributed by atoms with van der Waals surface area (Å²) < 4.78 is 27.7. The number of aromatic nitrogens is 2. The van der Waals surface area contributed by atoms with Gasteiger partial charge in [-0.25, -0.2) is 18.4 Å². The summed E-state index contributed by atoms with van der Waals surface area (Å²) in [7, 11) is -3.71. The number of hydrogen-bond acceptors (Lipinski definition) is 6. The van der Waals surface area contributed by atoms with Crippen LogP contribution in [0.1, 0.15) is 23.3 Å². The van der Waals surface area contributed by atoms with Crippen LogP contribution in [0.4, 0.5) is 5.82 Å². The molecule has 0 radical (unpaired) electrons. The zero-order chi connectivity index (χ0) is 20.9. The Bertz CT molecular complexity index is 1220. The van der Waals surface area contributed by atoms with Gasteiger partial charge < -0.3 is 4.90 Å². The van der Waals surface area contributed by atoms with Crippen LogP contribution in [-0.4, -0.2) is 48.9 Å². The highest BCUT2D eigenvalue weighted by Gasteiger charge is 2.32. The molecule has 2 aliphatic rings. The van der Waals surface area contributed by atoms with E-state index in [0.29, 0.717) is 31.2 Å². The van der Waals surface area contributed by atoms with E-state index in [9.17, 15) is 8.42 Å². The normalized spacial score (nSPS) is 18.0. The van der Waals surface area contributed by atoms with Crippen molar-refractivity contribution in [3.8, 4) is 0 Å². The van der Waals surface area contributed by atoms with Crippen LogP contribution < -0.4 is 4.90 Å². The van der Waals surface area contributed by atoms with Gasteiger partial charge in [0.2, 0.25) is 10.0 Å². The van der Waals surface area contributed by atoms with Crippen molar-refractivity contribution in [3.05, 3.63) is 45.0 Å². The Labute approximate surface area is 189 Å². The first-order valence-corrected chi connectivity index (χ1v) is 12.9. The molecule has 3 aromatic rings. The summed E-state index contributed by atoms with van der Waals surface area (Å²) in [5, 5.41) is 1.69. The molecule has 0 amide bonds. The zero-order valence-corrected chi connectivity index (χ0v) is 19.3. The maximum atomic E-state index is 13.1. The van der Waals surface area contributed by atoms with Gasteiger partial charge in [-0.15, -0.1) is 11.3 Å². The topological polar surface area (TPSA) is 66.4 Å².